The first kappa shape index (κ1) is 10.9. The van der Waals surface area contributed by atoms with E-state index in [1.165, 1.54) is 12.1 Å². The smallest absolute Gasteiger partial charge is 0.303 e. The van der Waals surface area contributed by atoms with Crippen molar-refractivity contribution >= 4 is 11.7 Å². The van der Waals surface area contributed by atoms with Gasteiger partial charge >= 0.3 is 5.97 Å². The summed E-state index contributed by atoms with van der Waals surface area (Å²) in [4.78, 5) is 12.5. The minimum Gasteiger partial charge on any atom is -0.481 e. The molecule has 0 spiro atoms. The number of carboxylic acids is 1. The fourth-order valence-corrected chi connectivity index (χ4v) is 2.07. The second-order valence-corrected chi connectivity index (χ2v) is 4.01. The van der Waals surface area contributed by atoms with Crippen LogP contribution in [0.3, 0.4) is 0 Å². The lowest BCUT2D eigenvalue weighted by Crippen LogP contribution is -2.22. The van der Waals surface area contributed by atoms with Crippen LogP contribution in [0.25, 0.3) is 0 Å². The third-order valence-corrected chi connectivity index (χ3v) is 2.86. The van der Waals surface area contributed by atoms with Gasteiger partial charge in [-0.3, -0.25) is 4.79 Å². The standard InChI is InChI=1S/C12H14FNO2/c13-10-4-3-9-5-7-14(11(9)8-10)6-1-2-12(15)16/h3-4,8H,1-2,5-7H2,(H,15,16). The van der Waals surface area contributed by atoms with E-state index >= 15 is 0 Å². The zero-order chi connectivity index (χ0) is 11.5. The number of hydrogen-bond donors (Lipinski definition) is 1. The van der Waals surface area contributed by atoms with Gasteiger partial charge in [0.25, 0.3) is 0 Å². The van der Waals surface area contributed by atoms with E-state index in [0.717, 1.165) is 24.2 Å². The Morgan fingerprint density at radius 3 is 3.06 bits per heavy atom. The summed E-state index contributed by atoms with van der Waals surface area (Å²) >= 11 is 0. The molecule has 0 saturated heterocycles. The maximum atomic E-state index is 13.1. The van der Waals surface area contributed by atoms with Crippen LogP contribution in [0.4, 0.5) is 10.1 Å². The molecule has 1 heterocycles. The molecule has 86 valence electrons. The first-order valence-corrected chi connectivity index (χ1v) is 5.42. The lowest BCUT2D eigenvalue weighted by atomic mass is 10.1. The Hall–Kier alpha value is -1.58. The summed E-state index contributed by atoms with van der Waals surface area (Å²) in [5.74, 6) is -1.01. The first-order valence-electron chi connectivity index (χ1n) is 5.42. The Balaban J connectivity index is 2.00. The fourth-order valence-electron chi connectivity index (χ4n) is 2.07. The van der Waals surface area contributed by atoms with E-state index in [-0.39, 0.29) is 12.2 Å². The normalized spacial score (nSPS) is 13.9. The molecule has 0 aliphatic carbocycles. The van der Waals surface area contributed by atoms with Crippen molar-refractivity contribution < 1.29 is 14.3 Å². The van der Waals surface area contributed by atoms with Crippen LogP contribution in [0.15, 0.2) is 18.2 Å². The molecule has 3 nitrogen and oxygen atoms in total. The van der Waals surface area contributed by atoms with Gasteiger partial charge in [0, 0.05) is 25.2 Å². The van der Waals surface area contributed by atoms with Crippen molar-refractivity contribution in [1.82, 2.24) is 0 Å². The van der Waals surface area contributed by atoms with Crippen molar-refractivity contribution in [3.8, 4) is 0 Å². The molecule has 1 aliphatic heterocycles. The van der Waals surface area contributed by atoms with Crippen molar-refractivity contribution in [2.75, 3.05) is 18.0 Å². The Bertz CT molecular complexity index is 406. The van der Waals surface area contributed by atoms with Crippen molar-refractivity contribution in [2.45, 2.75) is 19.3 Å². The van der Waals surface area contributed by atoms with E-state index in [2.05, 4.69) is 4.90 Å². The van der Waals surface area contributed by atoms with Gasteiger partial charge < -0.3 is 10.0 Å². The van der Waals surface area contributed by atoms with E-state index in [9.17, 15) is 9.18 Å². The van der Waals surface area contributed by atoms with Crippen molar-refractivity contribution in [3.63, 3.8) is 0 Å². The highest BCUT2D eigenvalue weighted by atomic mass is 19.1. The van der Waals surface area contributed by atoms with Crippen molar-refractivity contribution in [3.05, 3.63) is 29.6 Å². The van der Waals surface area contributed by atoms with E-state index in [0.29, 0.717) is 13.0 Å². The highest BCUT2D eigenvalue weighted by Crippen LogP contribution is 2.28. The van der Waals surface area contributed by atoms with Crippen molar-refractivity contribution in [2.24, 2.45) is 0 Å². The highest BCUT2D eigenvalue weighted by molar-refractivity contribution is 5.66. The quantitative estimate of drug-likeness (QED) is 0.849. The summed E-state index contributed by atoms with van der Waals surface area (Å²) < 4.78 is 13.1. The Morgan fingerprint density at radius 1 is 1.50 bits per heavy atom. The number of anilines is 1. The van der Waals surface area contributed by atoms with Gasteiger partial charge in [0.2, 0.25) is 0 Å². The van der Waals surface area contributed by atoms with E-state index < -0.39 is 5.97 Å². The molecule has 1 N–H and O–H groups in total. The molecule has 0 saturated carbocycles. The molecule has 0 radical (unpaired) electrons. The minimum absolute atomic E-state index is 0.168. The number of carbonyl (C=O) groups is 1. The van der Waals surface area contributed by atoms with Gasteiger partial charge in [0.1, 0.15) is 5.82 Å². The van der Waals surface area contributed by atoms with Crippen LogP contribution in [0.2, 0.25) is 0 Å². The van der Waals surface area contributed by atoms with Gasteiger partial charge in [0.05, 0.1) is 0 Å². The van der Waals surface area contributed by atoms with Crippen LogP contribution >= 0.6 is 0 Å². The van der Waals surface area contributed by atoms with Gasteiger partial charge in [0.15, 0.2) is 0 Å². The molecule has 0 aromatic heterocycles. The molecule has 16 heavy (non-hydrogen) atoms. The van der Waals surface area contributed by atoms with Gasteiger partial charge in [-0.2, -0.15) is 0 Å². The summed E-state index contributed by atoms with van der Waals surface area (Å²) in [6.07, 6.45) is 1.69. The predicted molar refractivity (Wildman–Crippen MR) is 59.2 cm³/mol. The summed E-state index contributed by atoms with van der Waals surface area (Å²) in [5, 5.41) is 8.55. The topological polar surface area (TPSA) is 40.5 Å². The molecule has 0 amide bonds. The molecule has 0 fully saturated rings. The Kier molecular flexibility index (Phi) is 3.08. The minimum atomic E-state index is -0.779. The van der Waals surface area contributed by atoms with Crippen LogP contribution in [0.5, 0.6) is 0 Å². The van der Waals surface area contributed by atoms with Crippen LogP contribution in [-0.2, 0) is 11.2 Å². The number of benzene rings is 1. The molecule has 1 aromatic rings. The summed E-state index contributed by atoms with van der Waals surface area (Å²) in [6.45, 7) is 1.54. The van der Waals surface area contributed by atoms with Crippen molar-refractivity contribution in [1.29, 1.82) is 0 Å². The average molecular weight is 223 g/mol. The monoisotopic (exact) mass is 223 g/mol. The zero-order valence-electron chi connectivity index (χ0n) is 8.95. The third-order valence-electron chi connectivity index (χ3n) is 2.86. The molecule has 0 bridgehead atoms. The van der Waals surface area contributed by atoms with Crippen LogP contribution in [0.1, 0.15) is 18.4 Å². The number of aliphatic carboxylic acids is 1. The predicted octanol–water partition coefficient (Wildman–Crippen LogP) is 2.05. The van der Waals surface area contributed by atoms with Crippen LogP contribution in [-0.4, -0.2) is 24.2 Å². The zero-order valence-corrected chi connectivity index (χ0v) is 8.95. The van der Waals surface area contributed by atoms with E-state index in [4.69, 9.17) is 5.11 Å². The van der Waals surface area contributed by atoms with E-state index in [1.807, 2.05) is 6.07 Å². The Morgan fingerprint density at radius 2 is 2.31 bits per heavy atom. The van der Waals surface area contributed by atoms with Gasteiger partial charge in [-0.1, -0.05) is 6.07 Å². The molecule has 1 aliphatic rings. The first-order chi connectivity index (χ1) is 7.66. The van der Waals surface area contributed by atoms with Gasteiger partial charge in [-0.25, -0.2) is 4.39 Å². The van der Waals surface area contributed by atoms with Gasteiger partial charge in [-0.05, 0) is 30.5 Å². The number of hydrogen-bond acceptors (Lipinski definition) is 2. The lowest BCUT2D eigenvalue weighted by molar-refractivity contribution is -0.137. The third kappa shape index (κ3) is 2.32. The van der Waals surface area contributed by atoms with E-state index in [1.54, 1.807) is 0 Å². The second-order valence-electron chi connectivity index (χ2n) is 4.01. The highest BCUT2D eigenvalue weighted by Gasteiger charge is 2.19. The molecule has 1 aromatic carbocycles. The molecule has 2 rings (SSSR count). The lowest BCUT2D eigenvalue weighted by Gasteiger charge is -2.18. The number of carboxylic acid groups (broad SMARTS) is 1. The fraction of sp³-hybridized carbons (Fsp3) is 0.417. The summed E-state index contributed by atoms with van der Waals surface area (Å²) in [5.41, 5.74) is 2.07. The maximum absolute atomic E-state index is 13.1. The number of halogens is 1. The average Bonchev–Trinajstić information content (AvgIpc) is 2.60. The molecular weight excluding hydrogens is 209 g/mol. The number of nitrogens with zero attached hydrogens (tertiary/aromatic N) is 1. The molecule has 0 atom stereocenters. The SMILES string of the molecule is O=C(O)CCCN1CCc2ccc(F)cc21. The van der Waals surface area contributed by atoms with Gasteiger partial charge in [-0.15, -0.1) is 0 Å². The van der Waals surface area contributed by atoms with Crippen LogP contribution < -0.4 is 4.90 Å². The van der Waals surface area contributed by atoms with Crippen LogP contribution in [0, 0.1) is 5.82 Å². The maximum Gasteiger partial charge on any atom is 0.303 e. The summed E-state index contributed by atoms with van der Waals surface area (Å²) in [6, 6.07) is 4.81. The summed E-state index contributed by atoms with van der Waals surface area (Å²) in [7, 11) is 0. The second kappa shape index (κ2) is 4.51. The number of fused-ring (bicyclic) bond motifs is 1. The molecular formula is C12H14FNO2. The molecule has 0 unspecified atom stereocenters. The Labute approximate surface area is 93.5 Å². The largest absolute Gasteiger partial charge is 0.481 e. The molecule has 4 heteroatoms. The number of rotatable bonds is 4.